The fraction of sp³-hybridized carbons (Fsp3) is 0.367. The molecule has 39 heavy (non-hydrogen) atoms. The zero-order chi connectivity index (χ0) is 27.5. The van der Waals surface area contributed by atoms with E-state index in [4.69, 9.17) is 21.1 Å². The Hall–Kier alpha value is -3.14. The Kier molecular flexibility index (Phi) is 8.40. The van der Waals surface area contributed by atoms with Crippen LogP contribution in [0.4, 0.5) is 5.69 Å². The average molecular weight is 551 g/mol. The van der Waals surface area contributed by atoms with E-state index in [0.717, 1.165) is 47.1 Å². The Labute approximate surface area is 233 Å². The van der Waals surface area contributed by atoms with E-state index in [9.17, 15) is 10.2 Å². The third-order valence-electron chi connectivity index (χ3n) is 6.77. The Morgan fingerprint density at radius 3 is 2.64 bits per heavy atom. The van der Waals surface area contributed by atoms with Crippen LogP contribution in [0.1, 0.15) is 38.7 Å². The fourth-order valence-electron chi connectivity index (χ4n) is 4.62. The molecule has 0 saturated heterocycles. The summed E-state index contributed by atoms with van der Waals surface area (Å²) in [6.07, 6.45) is 6.74. The Bertz CT molecular complexity index is 1370. The van der Waals surface area contributed by atoms with Gasteiger partial charge in [-0.15, -0.1) is 0 Å². The molecule has 2 atom stereocenters. The molecule has 1 fully saturated rings. The number of aliphatic hydroxyl groups excluding tert-OH is 2. The van der Waals surface area contributed by atoms with Crippen LogP contribution in [0.5, 0.6) is 17.2 Å². The maximum Gasteiger partial charge on any atom is 0.181 e. The number of pyridine rings is 1. The van der Waals surface area contributed by atoms with Crippen LogP contribution < -0.4 is 20.1 Å². The number of benzene rings is 2. The molecule has 1 aliphatic heterocycles. The van der Waals surface area contributed by atoms with Crippen LogP contribution in [-0.4, -0.2) is 57.9 Å². The van der Waals surface area contributed by atoms with E-state index in [2.05, 4.69) is 34.3 Å². The van der Waals surface area contributed by atoms with Crippen molar-refractivity contribution in [3.8, 4) is 17.2 Å². The first-order valence-electron chi connectivity index (χ1n) is 13.3. The van der Waals surface area contributed by atoms with E-state index in [1.54, 1.807) is 24.4 Å². The molecule has 2 aliphatic rings. The number of nitrogens with zero attached hydrogens (tertiary/aromatic N) is 2. The minimum atomic E-state index is -0.868. The van der Waals surface area contributed by atoms with Crippen LogP contribution in [0, 0.1) is 0 Å². The standard InChI is InChI=1S/C30H35ClN4O4/c1-4-29(36)35-13-10-19(11-14-35)22-16-23-26(17-28(22)38-18(2)3)32-12-9-27(23)39-21-7-8-25(24(31)15-21)34-30(37)33-20-5-6-20/h4,7-10,12,15-18,20,29-30,33-34,36-37H,1,5-6,11,13-14H2,2-3H3. The van der Waals surface area contributed by atoms with E-state index < -0.39 is 12.6 Å². The maximum absolute atomic E-state index is 10.2. The van der Waals surface area contributed by atoms with Crippen LogP contribution in [-0.2, 0) is 0 Å². The number of aromatic nitrogens is 1. The van der Waals surface area contributed by atoms with E-state index in [1.165, 1.54) is 0 Å². The van der Waals surface area contributed by atoms with E-state index >= 15 is 0 Å². The smallest absolute Gasteiger partial charge is 0.181 e. The molecule has 3 aromatic rings. The van der Waals surface area contributed by atoms with Gasteiger partial charge in [-0.25, -0.2) is 0 Å². The molecule has 2 aromatic carbocycles. The minimum Gasteiger partial charge on any atom is -0.490 e. The topological polar surface area (TPSA) is 99.1 Å². The summed E-state index contributed by atoms with van der Waals surface area (Å²) in [6, 6.07) is 11.5. The highest BCUT2D eigenvalue weighted by Crippen LogP contribution is 2.39. The highest BCUT2D eigenvalue weighted by Gasteiger charge is 2.24. The molecule has 1 saturated carbocycles. The second-order valence-electron chi connectivity index (χ2n) is 10.2. The van der Waals surface area contributed by atoms with Gasteiger partial charge in [0.25, 0.3) is 0 Å². The summed E-state index contributed by atoms with van der Waals surface area (Å²) in [4.78, 5) is 6.53. The zero-order valence-corrected chi connectivity index (χ0v) is 23.0. The van der Waals surface area contributed by atoms with Gasteiger partial charge in [-0.05, 0) is 69.0 Å². The lowest BCUT2D eigenvalue weighted by atomic mass is 9.96. The number of nitrogens with one attached hydrogen (secondary N) is 2. The SMILES string of the molecule is C=CC(O)N1CC=C(c2cc3c(Oc4ccc(NC(O)NC5CC5)c(Cl)c4)ccnc3cc2OC(C)C)CC1. The predicted molar refractivity (Wildman–Crippen MR) is 155 cm³/mol. The lowest BCUT2D eigenvalue weighted by Gasteiger charge is -2.29. The first-order valence-corrected chi connectivity index (χ1v) is 13.7. The monoisotopic (exact) mass is 550 g/mol. The summed E-state index contributed by atoms with van der Waals surface area (Å²) in [5, 5.41) is 27.7. The van der Waals surface area contributed by atoms with Crippen molar-refractivity contribution in [1.82, 2.24) is 15.2 Å². The number of anilines is 1. The van der Waals surface area contributed by atoms with Crippen molar-refractivity contribution < 1.29 is 19.7 Å². The molecule has 8 nitrogen and oxygen atoms in total. The van der Waals surface area contributed by atoms with Crippen molar-refractivity contribution in [2.45, 2.75) is 57.8 Å². The summed E-state index contributed by atoms with van der Waals surface area (Å²) >= 11 is 6.50. The van der Waals surface area contributed by atoms with Crippen molar-refractivity contribution >= 4 is 33.8 Å². The van der Waals surface area contributed by atoms with Gasteiger partial charge in [-0.3, -0.25) is 15.2 Å². The molecule has 0 amide bonds. The largest absolute Gasteiger partial charge is 0.490 e. The lowest BCUT2D eigenvalue weighted by Crippen LogP contribution is -2.37. The Balaban J connectivity index is 1.43. The van der Waals surface area contributed by atoms with Crippen molar-refractivity contribution in [3.63, 3.8) is 0 Å². The van der Waals surface area contributed by atoms with Gasteiger partial charge in [-0.2, -0.15) is 0 Å². The van der Waals surface area contributed by atoms with Crippen molar-refractivity contribution in [2.24, 2.45) is 0 Å². The fourth-order valence-corrected chi connectivity index (χ4v) is 4.85. The molecule has 9 heteroatoms. The van der Waals surface area contributed by atoms with E-state index in [0.29, 0.717) is 41.3 Å². The first-order chi connectivity index (χ1) is 18.8. The molecular formula is C30H35ClN4O4. The van der Waals surface area contributed by atoms with Gasteiger partial charge in [0.2, 0.25) is 0 Å². The Morgan fingerprint density at radius 1 is 1.15 bits per heavy atom. The molecule has 206 valence electrons. The van der Waals surface area contributed by atoms with Gasteiger partial charge in [-0.1, -0.05) is 24.3 Å². The molecule has 1 aromatic heterocycles. The van der Waals surface area contributed by atoms with Crippen molar-refractivity contribution in [3.05, 3.63) is 71.9 Å². The highest BCUT2D eigenvalue weighted by molar-refractivity contribution is 6.33. The summed E-state index contributed by atoms with van der Waals surface area (Å²) < 4.78 is 12.5. The molecule has 0 spiro atoms. The number of halogens is 1. The predicted octanol–water partition coefficient (Wildman–Crippen LogP) is 5.50. The molecule has 2 unspecified atom stereocenters. The van der Waals surface area contributed by atoms with Gasteiger partial charge >= 0.3 is 0 Å². The van der Waals surface area contributed by atoms with Gasteiger partial charge in [0.05, 0.1) is 22.3 Å². The van der Waals surface area contributed by atoms with Gasteiger partial charge in [0.1, 0.15) is 23.5 Å². The zero-order valence-electron chi connectivity index (χ0n) is 22.2. The molecule has 2 heterocycles. The third kappa shape index (κ3) is 6.72. The number of rotatable bonds is 11. The summed E-state index contributed by atoms with van der Waals surface area (Å²) in [5.74, 6) is 1.98. The quantitative estimate of drug-likeness (QED) is 0.183. The van der Waals surface area contributed by atoms with E-state index in [1.807, 2.05) is 36.9 Å². The van der Waals surface area contributed by atoms with Crippen molar-refractivity contribution in [1.29, 1.82) is 0 Å². The van der Waals surface area contributed by atoms with Crippen LogP contribution in [0.15, 0.2) is 61.3 Å². The number of hydrogen-bond acceptors (Lipinski definition) is 8. The summed E-state index contributed by atoms with van der Waals surface area (Å²) in [7, 11) is 0. The van der Waals surface area contributed by atoms with Crippen LogP contribution in [0.25, 0.3) is 16.5 Å². The highest BCUT2D eigenvalue weighted by atomic mass is 35.5. The van der Waals surface area contributed by atoms with Gasteiger partial charge in [0.15, 0.2) is 6.35 Å². The van der Waals surface area contributed by atoms with Crippen LogP contribution >= 0.6 is 11.6 Å². The number of ether oxygens (including phenoxy) is 2. The van der Waals surface area contributed by atoms with Gasteiger partial charge in [0, 0.05) is 48.4 Å². The number of hydrogen-bond donors (Lipinski definition) is 4. The number of aliphatic hydroxyl groups is 2. The molecule has 1 aliphatic carbocycles. The first kappa shape index (κ1) is 27.4. The lowest BCUT2D eigenvalue weighted by molar-refractivity contribution is 0.0506. The van der Waals surface area contributed by atoms with Crippen LogP contribution in [0.2, 0.25) is 5.02 Å². The van der Waals surface area contributed by atoms with E-state index in [-0.39, 0.29) is 6.10 Å². The van der Waals surface area contributed by atoms with Crippen LogP contribution in [0.3, 0.4) is 0 Å². The normalized spacial score (nSPS) is 17.5. The Morgan fingerprint density at radius 2 is 1.97 bits per heavy atom. The molecule has 0 bridgehead atoms. The molecule has 0 radical (unpaired) electrons. The van der Waals surface area contributed by atoms with Gasteiger partial charge < -0.3 is 25.0 Å². The number of fused-ring (bicyclic) bond motifs is 1. The van der Waals surface area contributed by atoms with Crippen molar-refractivity contribution in [2.75, 3.05) is 18.4 Å². The second-order valence-corrected chi connectivity index (χ2v) is 10.6. The average Bonchev–Trinajstić information content (AvgIpc) is 3.73. The molecule has 5 rings (SSSR count). The third-order valence-corrected chi connectivity index (χ3v) is 7.08. The summed E-state index contributed by atoms with van der Waals surface area (Å²) in [5.41, 5.74) is 3.50. The summed E-state index contributed by atoms with van der Waals surface area (Å²) in [6.45, 7) is 9.02. The minimum absolute atomic E-state index is 0.00355. The second kappa shape index (κ2) is 11.9. The molecule has 4 N–H and O–H groups in total. The maximum atomic E-state index is 10.2. The molecular weight excluding hydrogens is 516 g/mol.